The van der Waals surface area contributed by atoms with Gasteiger partial charge in [0, 0.05) is 12.3 Å². The lowest BCUT2D eigenvalue weighted by Crippen LogP contribution is -2.03. The van der Waals surface area contributed by atoms with Crippen LogP contribution in [0.2, 0.25) is 0 Å². The summed E-state index contributed by atoms with van der Waals surface area (Å²) in [7, 11) is 0. The Morgan fingerprint density at radius 3 is 3.10 bits per heavy atom. The zero-order valence-electron chi connectivity index (χ0n) is 11.1. The zero-order valence-corrected chi connectivity index (χ0v) is 11.1. The van der Waals surface area contributed by atoms with E-state index in [1.54, 1.807) is 13.0 Å². The van der Waals surface area contributed by atoms with Crippen molar-refractivity contribution in [1.82, 2.24) is 14.8 Å². The average Bonchev–Trinajstić information content (AvgIpc) is 3.03. The van der Waals surface area contributed by atoms with Crippen molar-refractivity contribution in [1.29, 1.82) is 0 Å². The highest BCUT2D eigenvalue weighted by Gasteiger charge is 2.13. The number of nitrogens with one attached hydrogen (secondary N) is 1. The smallest absolute Gasteiger partial charge is 0.417 e. The van der Waals surface area contributed by atoms with E-state index in [-0.39, 0.29) is 6.61 Å². The van der Waals surface area contributed by atoms with Crippen LogP contribution in [0.15, 0.2) is 33.7 Å². The molecule has 0 bridgehead atoms. The highest BCUT2D eigenvalue weighted by molar-refractivity contribution is 5.89. The van der Waals surface area contributed by atoms with E-state index in [1.807, 2.05) is 0 Å². The second-order valence-electron chi connectivity index (χ2n) is 4.32. The van der Waals surface area contributed by atoms with Crippen molar-refractivity contribution in [2.24, 2.45) is 0 Å². The summed E-state index contributed by atoms with van der Waals surface area (Å²) in [6, 6.07) is 3.14. The second kappa shape index (κ2) is 4.82. The SMILES string of the molecule is CCOC(=O)c1cnn(-c2cc3[nH]c(=O)oc3cc2N)c1. The van der Waals surface area contributed by atoms with E-state index in [4.69, 9.17) is 14.9 Å². The van der Waals surface area contributed by atoms with Crippen molar-refractivity contribution in [3.05, 3.63) is 40.6 Å². The van der Waals surface area contributed by atoms with Gasteiger partial charge in [0.05, 0.1) is 35.3 Å². The molecule has 1 aromatic carbocycles. The number of carbonyl (C=O) groups excluding carboxylic acids is 1. The highest BCUT2D eigenvalue weighted by atomic mass is 16.5. The Morgan fingerprint density at radius 1 is 1.52 bits per heavy atom. The Labute approximate surface area is 118 Å². The van der Waals surface area contributed by atoms with Gasteiger partial charge in [0.1, 0.15) is 0 Å². The minimum absolute atomic E-state index is 0.286. The number of hydrogen-bond acceptors (Lipinski definition) is 6. The van der Waals surface area contributed by atoms with Crippen LogP contribution in [-0.4, -0.2) is 27.3 Å². The standard InChI is InChI=1S/C13H12N4O4/c1-2-20-12(18)7-5-15-17(6-7)10-4-9-11(3-8(10)14)21-13(19)16-9/h3-6H,2,14H2,1H3,(H,16,19). The second-order valence-corrected chi connectivity index (χ2v) is 4.32. The molecule has 0 fully saturated rings. The van der Waals surface area contributed by atoms with E-state index in [0.717, 1.165) is 0 Å². The minimum atomic E-state index is -0.561. The van der Waals surface area contributed by atoms with Crippen molar-refractivity contribution in [2.75, 3.05) is 12.3 Å². The molecule has 0 saturated carbocycles. The number of benzene rings is 1. The number of fused-ring (bicyclic) bond motifs is 1. The number of ether oxygens (including phenoxy) is 1. The van der Waals surface area contributed by atoms with Crippen LogP contribution in [0, 0.1) is 0 Å². The van der Waals surface area contributed by atoms with E-state index < -0.39 is 11.7 Å². The maximum Gasteiger partial charge on any atom is 0.417 e. The minimum Gasteiger partial charge on any atom is -0.462 e. The molecule has 8 heteroatoms. The molecule has 3 aromatic rings. The lowest BCUT2D eigenvalue weighted by molar-refractivity contribution is 0.0526. The fraction of sp³-hybridized carbons (Fsp3) is 0.154. The molecule has 3 N–H and O–H groups in total. The molecular weight excluding hydrogens is 276 g/mol. The number of H-pyrrole nitrogens is 1. The number of nitrogens with two attached hydrogens (primary N) is 1. The summed E-state index contributed by atoms with van der Waals surface area (Å²) in [6.45, 7) is 2.01. The molecule has 0 saturated heterocycles. The number of aromatic nitrogens is 3. The summed E-state index contributed by atoms with van der Waals surface area (Å²) in [5.41, 5.74) is 7.98. The largest absolute Gasteiger partial charge is 0.462 e. The Morgan fingerprint density at radius 2 is 2.33 bits per heavy atom. The van der Waals surface area contributed by atoms with Gasteiger partial charge >= 0.3 is 11.7 Å². The molecule has 0 aliphatic heterocycles. The number of aromatic amines is 1. The van der Waals surface area contributed by atoms with Gasteiger partial charge in [-0.25, -0.2) is 14.3 Å². The van der Waals surface area contributed by atoms with Gasteiger partial charge in [0.15, 0.2) is 5.58 Å². The summed E-state index contributed by atoms with van der Waals surface area (Å²) in [6.07, 6.45) is 2.90. The zero-order chi connectivity index (χ0) is 15.0. The fourth-order valence-corrected chi connectivity index (χ4v) is 1.97. The Kier molecular flexibility index (Phi) is 2.98. The number of esters is 1. The Balaban J connectivity index is 2.05. The molecule has 0 aliphatic rings. The first-order chi connectivity index (χ1) is 10.1. The number of hydrogen-bond donors (Lipinski definition) is 2. The third kappa shape index (κ3) is 2.27. The number of anilines is 1. The first kappa shape index (κ1) is 13.0. The van der Waals surface area contributed by atoms with Gasteiger partial charge in [-0.15, -0.1) is 0 Å². The van der Waals surface area contributed by atoms with E-state index >= 15 is 0 Å². The highest BCUT2D eigenvalue weighted by Crippen LogP contribution is 2.23. The van der Waals surface area contributed by atoms with Gasteiger partial charge in [-0.1, -0.05) is 0 Å². The summed E-state index contributed by atoms with van der Waals surface area (Å²) in [5.74, 6) is -1.02. The molecule has 21 heavy (non-hydrogen) atoms. The normalized spacial score (nSPS) is 10.9. The summed E-state index contributed by atoms with van der Waals surface area (Å²) >= 11 is 0. The van der Waals surface area contributed by atoms with Crippen LogP contribution < -0.4 is 11.5 Å². The molecular formula is C13H12N4O4. The van der Waals surface area contributed by atoms with Gasteiger partial charge in [-0.2, -0.15) is 5.10 Å². The van der Waals surface area contributed by atoms with Crippen LogP contribution in [-0.2, 0) is 4.74 Å². The third-order valence-electron chi connectivity index (χ3n) is 2.91. The molecule has 0 radical (unpaired) electrons. The number of oxazole rings is 1. The molecule has 3 rings (SSSR count). The number of rotatable bonds is 3. The van der Waals surface area contributed by atoms with Crippen molar-refractivity contribution in [3.63, 3.8) is 0 Å². The summed E-state index contributed by atoms with van der Waals surface area (Å²) < 4.78 is 11.3. The molecule has 0 amide bonds. The summed E-state index contributed by atoms with van der Waals surface area (Å²) in [5, 5.41) is 4.08. The van der Waals surface area contributed by atoms with E-state index in [9.17, 15) is 9.59 Å². The molecule has 0 spiro atoms. The first-order valence-corrected chi connectivity index (χ1v) is 6.23. The van der Waals surface area contributed by atoms with E-state index in [2.05, 4.69) is 10.1 Å². The Bertz CT molecular complexity index is 874. The molecule has 2 aromatic heterocycles. The van der Waals surface area contributed by atoms with Crippen LogP contribution in [0.3, 0.4) is 0 Å². The maximum absolute atomic E-state index is 11.6. The predicted octanol–water partition coefficient (Wildman–Crippen LogP) is 1.07. The van der Waals surface area contributed by atoms with Gasteiger partial charge in [-0.3, -0.25) is 4.98 Å². The van der Waals surface area contributed by atoms with Crippen LogP contribution in [0.1, 0.15) is 17.3 Å². The fourth-order valence-electron chi connectivity index (χ4n) is 1.97. The topological polar surface area (TPSA) is 116 Å². The van der Waals surface area contributed by atoms with Crippen LogP contribution in [0.4, 0.5) is 5.69 Å². The lowest BCUT2D eigenvalue weighted by atomic mass is 10.2. The van der Waals surface area contributed by atoms with Crippen LogP contribution in [0.25, 0.3) is 16.8 Å². The van der Waals surface area contributed by atoms with Crippen LogP contribution >= 0.6 is 0 Å². The van der Waals surface area contributed by atoms with Crippen molar-refractivity contribution >= 4 is 22.8 Å². The molecule has 0 aliphatic carbocycles. The predicted molar refractivity (Wildman–Crippen MR) is 74.3 cm³/mol. The van der Waals surface area contributed by atoms with E-state index in [1.165, 1.54) is 23.1 Å². The van der Waals surface area contributed by atoms with Crippen molar-refractivity contribution in [2.45, 2.75) is 6.92 Å². The van der Waals surface area contributed by atoms with Gasteiger partial charge < -0.3 is 14.9 Å². The molecule has 0 atom stereocenters. The number of carbonyl (C=O) groups is 1. The number of nitrogen functional groups attached to an aromatic ring is 1. The maximum atomic E-state index is 11.6. The Hall–Kier alpha value is -3.03. The van der Waals surface area contributed by atoms with Crippen molar-refractivity contribution in [3.8, 4) is 5.69 Å². The van der Waals surface area contributed by atoms with Gasteiger partial charge in [-0.05, 0) is 13.0 Å². The molecule has 108 valence electrons. The van der Waals surface area contributed by atoms with Gasteiger partial charge in [0.25, 0.3) is 0 Å². The first-order valence-electron chi connectivity index (χ1n) is 6.23. The van der Waals surface area contributed by atoms with E-state index in [0.29, 0.717) is 28.0 Å². The molecule has 2 heterocycles. The molecule has 0 unspecified atom stereocenters. The monoisotopic (exact) mass is 288 g/mol. The molecule has 8 nitrogen and oxygen atoms in total. The lowest BCUT2D eigenvalue weighted by Gasteiger charge is -2.05. The third-order valence-corrected chi connectivity index (χ3v) is 2.91. The van der Waals surface area contributed by atoms with Crippen LogP contribution in [0.5, 0.6) is 0 Å². The summed E-state index contributed by atoms with van der Waals surface area (Å²) in [4.78, 5) is 25.3. The number of nitrogens with zero attached hydrogens (tertiary/aromatic N) is 2. The van der Waals surface area contributed by atoms with Crippen molar-refractivity contribution < 1.29 is 13.9 Å². The average molecular weight is 288 g/mol. The quantitative estimate of drug-likeness (QED) is 0.550. The van der Waals surface area contributed by atoms with Gasteiger partial charge in [0.2, 0.25) is 0 Å².